The summed E-state index contributed by atoms with van der Waals surface area (Å²) in [5, 5.41) is 9.33. The van der Waals surface area contributed by atoms with Gasteiger partial charge in [-0.25, -0.2) is 4.98 Å². The normalized spacial score (nSPS) is 17.3. The molecule has 0 saturated heterocycles. The minimum absolute atomic E-state index is 0.199. The van der Waals surface area contributed by atoms with Crippen molar-refractivity contribution in [1.29, 1.82) is 0 Å². The Bertz CT molecular complexity index is 664. The van der Waals surface area contributed by atoms with Gasteiger partial charge in [0, 0.05) is 11.1 Å². The summed E-state index contributed by atoms with van der Waals surface area (Å²) in [6.45, 7) is 3.76. The van der Waals surface area contributed by atoms with Gasteiger partial charge in [-0.15, -0.1) is 6.58 Å². The van der Waals surface area contributed by atoms with E-state index in [1.165, 1.54) is 0 Å². The predicted molar refractivity (Wildman–Crippen MR) is 81.6 cm³/mol. The Balaban J connectivity index is 1.95. The average molecular weight is 283 g/mol. The largest absolute Gasteiger partial charge is 0.508 e. The molecule has 0 saturated carbocycles. The van der Waals surface area contributed by atoms with Crippen molar-refractivity contribution in [2.24, 2.45) is 5.92 Å². The minimum Gasteiger partial charge on any atom is -0.508 e. The van der Waals surface area contributed by atoms with Crippen molar-refractivity contribution in [3.05, 3.63) is 60.1 Å². The molecule has 0 bridgehead atoms. The summed E-state index contributed by atoms with van der Waals surface area (Å²) in [6.07, 6.45) is 5.54. The summed E-state index contributed by atoms with van der Waals surface area (Å²) in [7, 11) is 0. The van der Waals surface area contributed by atoms with Crippen LogP contribution in [-0.4, -0.2) is 10.1 Å². The Labute approximate surface area is 124 Å². The number of benzene rings is 1. The Morgan fingerprint density at radius 1 is 1.33 bits per heavy atom. The number of aromatic nitrogens is 1. The maximum atomic E-state index is 14.3. The number of hydrogen-bond donors (Lipinski definition) is 1. The molecule has 2 aromatic rings. The molecule has 0 spiro atoms. The van der Waals surface area contributed by atoms with E-state index in [0.717, 1.165) is 42.4 Å². The smallest absolute Gasteiger partial charge is 0.216 e. The van der Waals surface area contributed by atoms with E-state index in [2.05, 4.69) is 11.6 Å². The third kappa shape index (κ3) is 2.82. The minimum atomic E-state index is -0.357. The van der Waals surface area contributed by atoms with Crippen LogP contribution >= 0.6 is 0 Å². The van der Waals surface area contributed by atoms with Crippen LogP contribution in [0.1, 0.15) is 24.0 Å². The molecule has 0 radical (unpaired) electrons. The number of rotatable bonds is 3. The molecule has 3 heteroatoms. The molecule has 1 aliphatic rings. The third-order valence-electron chi connectivity index (χ3n) is 4.14. The maximum absolute atomic E-state index is 14.3. The van der Waals surface area contributed by atoms with E-state index in [1.807, 2.05) is 12.1 Å². The van der Waals surface area contributed by atoms with E-state index in [4.69, 9.17) is 0 Å². The Morgan fingerprint density at radius 2 is 2.10 bits per heavy atom. The van der Waals surface area contributed by atoms with Crippen LogP contribution < -0.4 is 0 Å². The predicted octanol–water partition coefficient (Wildman–Crippen LogP) is 4.27. The SMILES string of the molecule is C=CCC1CCc2cc(-c3ccc(O)cc3)nc(F)c2C1. The van der Waals surface area contributed by atoms with E-state index in [1.54, 1.807) is 24.3 Å². The number of halogens is 1. The van der Waals surface area contributed by atoms with Gasteiger partial charge in [-0.05, 0) is 67.5 Å². The molecule has 1 heterocycles. The highest BCUT2D eigenvalue weighted by atomic mass is 19.1. The summed E-state index contributed by atoms with van der Waals surface area (Å²) in [5.41, 5.74) is 3.28. The highest BCUT2D eigenvalue weighted by Crippen LogP contribution is 2.32. The van der Waals surface area contributed by atoms with Crippen LogP contribution in [-0.2, 0) is 12.8 Å². The molecule has 2 nitrogen and oxygen atoms in total. The van der Waals surface area contributed by atoms with Gasteiger partial charge in [-0.1, -0.05) is 6.08 Å². The summed E-state index contributed by atoms with van der Waals surface area (Å²) in [6, 6.07) is 8.68. The zero-order valence-electron chi connectivity index (χ0n) is 11.8. The standard InChI is InChI=1S/C18H18FNO/c1-2-3-12-4-5-14-11-17(20-18(19)16(14)10-12)13-6-8-15(21)9-7-13/h2,6-9,11-12,21H,1,3-5,10H2. The van der Waals surface area contributed by atoms with Crippen LogP contribution in [0.25, 0.3) is 11.3 Å². The highest BCUT2D eigenvalue weighted by Gasteiger charge is 2.22. The molecule has 1 aromatic carbocycles. The molecule has 1 aromatic heterocycles. The number of phenols is 1. The lowest BCUT2D eigenvalue weighted by atomic mass is 9.82. The molecule has 1 atom stereocenters. The first-order chi connectivity index (χ1) is 10.2. The Kier molecular flexibility index (Phi) is 3.74. The first kappa shape index (κ1) is 13.8. The van der Waals surface area contributed by atoms with Crippen molar-refractivity contribution in [2.75, 3.05) is 0 Å². The van der Waals surface area contributed by atoms with Crippen molar-refractivity contribution in [1.82, 2.24) is 4.98 Å². The van der Waals surface area contributed by atoms with Gasteiger partial charge < -0.3 is 5.11 Å². The van der Waals surface area contributed by atoms with E-state index >= 15 is 0 Å². The summed E-state index contributed by atoms with van der Waals surface area (Å²) in [4.78, 5) is 4.11. The molecule has 21 heavy (non-hydrogen) atoms. The zero-order chi connectivity index (χ0) is 14.8. The first-order valence-electron chi connectivity index (χ1n) is 7.26. The molecule has 1 aliphatic carbocycles. The van der Waals surface area contributed by atoms with Crippen LogP contribution in [0.4, 0.5) is 4.39 Å². The fourth-order valence-corrected chi connectivity index (χ4v) is 3.00. The quantitative estimate of drug-likeness (QED) is 0.674. The van der Waals surface area contributed by atoms with E-state index in [0.29, 0.717) is 11.6 Å². The monoisotopic (exact) mass is 283 g/mol. The first-order valence-corrected chi connectivity index (χ1v) is 7.26. The molecular weight excluding hydrogens is 265 g/mol. The molecular formula is C18H18FNO. The van der Waals surface area contributed by atoms with Gasteiger partial charge in [0.15, 0.2) is 0 Å². The molecule has 0 aliphatic heterocycles. The Morgan fingerprint density at radius 3 is 2.81 bits per heavy atom. The lowest BCUT2D eigenvalue weighted by Gasteiger charge is -2.24. The lowest BCUT2D eigenvalue weighted by Crippen LogP contribution is -2.16. The molecule has 1 unspecified atom stereocenters. The fourth-order valence-electron chi connectivity index (χ4n) is 3.00. The highest BCUT2D eigenvalue weighted by molar-refractivity contribution is 5.61. The number of hydrogen-bond acceptors (Lipinski definition) is 2. The van der Waals surface area contributed by atoms with Crippen molar-refractivity contribution in [2.45, 2.75) is 25.7 Å². The third-order valence-corrected chi connectivity index (χ3v) is 4.14. The van der Waals surface area contributed by atoms with Crippen LogP contribution in [0, 0.1) is 11.9 Å². The van der Waals surface area contributed by atoms with Crippen LogP contribution in [0.3, 0.4) is 0 Å². The zero-order valence-corrected chi connectivity index (χ0v) is 11.8. The maximum Gasteiger partial charge on any atom is 0.216 e. The second-order valence-electron chi connectivity index (χ2n) is 5.62. The van der Waals surface area contributed by atoms with Crippen LogP contribution in [0.2, 0.25) is 0 Å². The summed E-state index contributed by atoms with van der Waals surface area (Å²) >= 11 is 0. The van der Waals surface area contributed by atoms with E-state index in [-0.39, 0.29) is 11.7 Å². The van der Waals surface area contributed by atoms with Gasteiger partial charge in [-0.3, -0.25) is 0 Å². The second kappa shape index (κ2) is 5.68. The molecule has 0 fully saturated rings. The number of aromatic hydroxyl groups is 1. The van der Waals surface area contributed by atoms with Crippen molar-refractivity contribution in [3.63, 3.8) is 0 Å². The van der Waals surface area contributed by atoms with Gasteiger partial charge in [-0.2, -0.15) is 4.39 Å². The van der Waals surface area contributed by atoms with Gasteiger partial charge in [0.05, 0.1) is 5.69 Å². The number of pyridine rings is 1. The molecule has 3 rings (SSSR count). The van der Waals surface area contributed by atoms with Gasteiger partial charge in [0.1, 0.15) is 5.75 Å². The average Bonchev–Trinajstić information content (AvgIpc) is 2.49. The van der Waals surface area contributed by atoms with Gasteiger partial charge in [0.2, 0.25) is 5.95 Å². The van der Waals surface area contributed by atoms with Gasteiger partial charge >= 0.3 is 0 Å². The lowest BCUT2D eigenvalue weighted by molar-refractivity contribution is 0.440. The van der Waals surface area contributed by atoms with Crippen molar-refractivity contribution in [3.8, 4) is 17.0 Å². The molecule has 0 amide bonds. The molecule has 1 N–H and O–H groups in total. The number of aryl methyl sites for hydroxylation is 1. The number of nitrogens with zero attached hydrogens (tertiary/aromatic N) is 1. The number of phenolic OH excluding ortho intramolecular Hbond substituents is 1. The summed E-state index contributed by atoms with van der Waals surface area (Å²) < 4.78 is 14.3. The van der Waals surface area contributed by atoms with Crippen LogP contribution in [0.5, 0.6) is 5.75 Å². The summed E-state index contributed by atoms with van der Waals surface area (Å²) in [5.74, 6) is 0.319. The van der Waals surface area contributed by atoms with E-state index < -0.39 is 0 Å². The number of allylic oxidation sites excluding steroid dienone is 1. The number of fused-ring (bicyclic) bond motifs is 1. The van der Waals surface area contributed by atoms with E-state index in [9.17, 15) is 9.50 Å². The molecule has 108 valence electrons. The van der Waals surface area contributed by atoms with Crippen molar-refractivity contribution >= 4 is 0 Å². The second-order valence-corrected chi connectivity index (χ2v) is 5.62. The Hall–Kier alpha value is -2.16. The fraction of sp³-hybridized carbons (Fsp3) is 0.278. The van der Waals surface area contributed by atoms with Gasteiger partial charge in [0.25, 0.3) is 0 Å². The van der Waals surface area contributed by atoms with Crippen molar-refractivity contribution < 1.29 is 9.50 Å². The topological polar surface area (TPSA) is 33.1 Å². The van der Waals surface area contributed by atoms with Crippen LogP contribution in [0.15, 0.2) is 43.0 Å².